The molecular formula is C13H18N4O2S. The summed E-state index contributed by atoms with van der Waals surface area (Å²) in [6.07, 6.45) is 1.76. The van der Waals surface area contributed by atoms with Crippen molar-refractivity contribution in [3.8, 4) is 0 Å². The van der Waals surface area contributed by atoms with Gasteiger partial charge in [-0.15, -0.1) is 0 Å². The SMILES string of the molecule is Cc1cc(N)cc(S(=O)(=O)NCc2ccn(C)n2)c1C. The van der Waals surface area contributed by atoms with E-state index in [1.54, 1.807) is 37.0 Å². The van der Waals surface area contributed by atoms with Crippen molar-refractivity contribution in [2.75, 3.05) is 5.73 Å². The Hall–Kier alpha value is -1.86. The van der Waals surface area contributed by atoms with Crippen LogP contribution in [0.15, 0.2) is 29.3 Å². The van der Waals surface area contributed by atoms with Gasteiger partial charge in [0.15, 0.2) is 0 Å². The van der Waals surface area contributed by atoms with Crippen LogP contribution in [-0.2, 0) is 23.6 Å². The number of anilines is 1. The van der Waals surface area contributed by atoms with E-state index in [1.165, 1.54) is 6.07 Å². The molecule has 20 heavy (non-hydrogen) atoms. The molecule has 7 heteroatoms. The van der Waals surface area contributed by atoms with Gasteiger partial charge in [-0.1, -0.05) is 0 Å². The summed E-state index contributed by atoms with van der Waals surface area (Å²) in [7, 11) is -1.82. The normalized spacial score (nSPS) is 11.8. The molecule has 2 rings (SSSR count). The van der Waals surface area contributed by atoms with Crippen LogP contribution >= 0.6 is 0 Å². The summed E-state index contributed by atoms with van der Waals surface area (Å²) >= 11 is 0. The maximum absolute atomic E-state index is 12.3. The molecule has 3 N–H and O–H groups in total. The van der Waals surface area contributed by atoms with Crippen molar-refractivity contribution in [3.63, 3.8) is 0 Å². The maximum Gasteiger partial charge on any atom is 0.241 e. The van der Waals surface area contributed by atoms with Crippen LogP contribution in [0.25, 0.3) is 0 Å². The van der Waals surface area contributed by atoms with E-state index in [0.29, 0.717) is 16.9 Å². The number of sulfonamides is 1. The average Bonchev–Trinajstić information content (AvgIpc) is 2.77. The Bertz CT molecular complexity index is 735. The molecule has 108 valence electrons. The van der Waals surface area contributed by atoms with Crippen LogP contribution in [-0.4, -0.2) is 18.2 Å². The fraction of sp³-hybridized carbons (Fsp3) is 0.308. The Kier molecular flexibility index (Phi) is 3.82. The highest BCUT2D eigenvalue weighted by atomic mass is 32.2. The Morgan fingerprint density at radius 3 is 2.65 bits per heavy atom. The number of hydrogen-bond acceptors (Lipinski definition) is 4. The highest BCUT2D eigenvalue weighted by Gasteiger charge is 2.18. The second kappa shape index (κ2) is 5.26. The molecule has 0 aliphatic heterocycles. The maximum atomic E-state index is 12.3. The monoisotopic (exact) mass is 294 g/mol. The van der Waals surface area contributed by atoms with Crippen LogP contribution in [0.5, 0.6) is 0 Å². The van der Waals surface area contributed by atoms with Gasteiger partial charge >= 0.3 is 0 Å². The lowest BCUT2D eigenvalue weighted by molar-refractivity contribution is 0.579. The summed E-state index contributed by atoms with van der Waals surface area (Å²) < 4.78 is 28.8. The van der Waals surface area contributed by atoms with E-state index in [9.17, 15) is 8.42 Å². The van der Waals surface area contributed by atoms with Crippen LogP contribution in [0.1, 0.15) is 16.8 Å². The molecule has 1 aromatic heterocycles. The molecule has 0 bridgehead atoms. The molecule has 0 saturated carbocycles. The van der Waals surface area contributed by atoms with Crippen LogP contribution in [0.4, 0.5) is 5.69 Å². The number of aromatic nitrogens is 2. The zero-order valence-corrected chi connectivity index (χ0v) is 12.5. The van der Waals surface area contributed by atoms with E-state index < -0.39 is 10.0 Å². The number of aryl methyl sites for hydroxylation is 2. The van der Waals surface area contributed by atoms with Crippen LogP contribution < -0.4 is 10.5 Å². The molecule has 0 aliphatic rings. The van der Waals surface area contributed by atoms with Gasteiger partial charge in [0.1, 0.15) is 0 Å². The lowest BCUT2D eigenvalue weighted by Gasteiger charge is -2.11. The van der Waals surface area contributed by atoms with Crippen LogP contribution in [0.3, 0.4) is 0 Å². The second-order valence-corrected chi connectivity index (χ2v) is 6.50. The van der Waals surface area contributed by atoms with Gasteiger partial charge in [-0.3, -0.25) is 4.68 Å². The molecule has 2 aromatic rings. The molecule has 0 aliphatic carbocycles. The largest absolute Gasteiger partial charge is 0.399 e. The smallest absolute Gasteiger partial charge is 0.241 e. The molecule has 0 atom stereocenters. The third-order valence-corrected chi connectivity index (χ3v) is 4.67. The Morgan fingerprint density at radius 1 is 1.35 bits per heavy atom. The minimum Gasteiger partial charge on any atom is -0.399 e. The molecule has 6 nitrogen and oxygen atoms in total. The quantitative estimate of drug-likeness (QED) is 0.826. The van der Waals surface area contributed by atoms with E-state index >= 15 is 0 Å². The van der Waals surface area contributed by atoms with Gasteiger partial charge in [-0.2, -0.15) is 5.10 Å². The van der Waals surface area contributed by atoms with Crippen LogP contribution in [0.2, 0.25) is 0 Å². The molecule has 0 fully saturated rings. The zero-order chi connectivity index (χ0) is 14.9. The number of nitrogens with two attached hydrogens (primary N) is 1. The number of nitrogens with one attached hydrogen (secondary N) is 1. The van der Waals surface area contributed by atoms with Gasteiger partial charge in [-0.05, 0) is 43.2 Å². The predicted octanol–water partition coefficient (Wildman–Crippen LogP) is 1.10. The Balaban J connectivity index is 2.27. The van der Waals surface area contributed by atoms with Crippen molar-refractivity contribution in [2.45, 2.75) is 25.3 Å². The third kappa shape index (κ3) is 3.00. The summed E-state index contributed by atoms with van der Waals surface area (Å²) in [4.78, 5) is 0.214. The van der Waals surface area contributed by atoms with Crippen molar-refractivity contribution >= 4 is 15.7 Å². The third-order valence-electron chi connectivity index (χ3n) is 3.14. The van der Waals surface area contributed by atoms with Crippen molar-refractivity contribution in [1.82, 2.24) is 14.5 Å². The topological polar surface area (TPSA) is 90.0 Å². The van der Waals surface area contributed by atoms with Crippen molar-refractivity contribution in [1.29, 1.82) is 0 Å². The molecule has 1 heterocycles. The standard InChI is InChI=1S/C13H18N4O2S/c1-9-6-11(14)7-13(10(9)2)20(18,19)15-8-12-4-5-17(3)16-12/h4-7,15H,8,14H2,1-3H3. The fourth-order valence-electron chi connectivity index (χ4n) is 1.94. The average molecular weight is 294 g/mol. The van der Waals surface area contributed by atoms with Gasteiger partial charge in [0, 0.05) is 18.9 Å². The van der Waals surface area contributed by atoms with Gasteiger partial charge in [0.05, 0.1) is 17.1 Å². The molecule has 0 unspecified atom stereocenters. The van der Waals surface area contributed by atoms with E-state index in [2.05, 4.69) is 9.82 Å². The van der Waals surface area contributed by atoms with E-state index in [0.717, 1.165) is 5.56 Å². The van der Waals surface area contributed by atoms with Crippen molar-refractivity contribution in [3.05, 3.63) is 41.2 Å². The van der Waals surface area contributed by atoms with Crippen LogP contribution in [0, 0.1) is 13.8 Å². The van der Waals surface area contributed by atoms with E-state index in [-0.39, 0.29) is 11.4 Å². The first-order chi connectivity index (χ1) is 9.29. The molecular weight excluding hydrogens is 276 g/mol. The lowest BCUT2D eigenvalue weighted by atomic mass is 10.1. The molecule has 1 aromatic carbocycles. The summed E-state index contributed by atoms with van der Waals surface area (Å²) in [5.74, 6) is 0. The van der Waals surface area contributed by atoms with Gasteiger partial charge < -0.3 is 5.73 Å². The second-order valence-electron chi connectivity index (χ2n) is 4.77. The molecule has 0 spiro atoms. The highest BCUT2D eigenvalue weighted by molar-refractivity contribution is 7.89. The van der Waals surface area contributed by atoms with Gasteiger partial charge in [-0.25, -0.2) is 13.1 Å². The number of nitrogens with zero attached hydrogens (tertiary/aromatic N) is 2. The minimum absolute atomic E-state index is 0.149. The Labute approximate surface area is 118 Å². The van der Waals surface area contributed by atoms with Gasteiger partial charge in [0.25, 0.3) is 0 Å². The summed E-state index contributed by atoms with van der Waals surface area (Å²) in [6, 6.07) is 5.00. The highest BCUT2D eigenvalue weighted by Crippen LogP contribution is 2.22. The number of nitrogen functional groups attached to an aromatic ring is 1. The molecule has 0 amide bonds. The first-order valence-electron chi connectivity index (χ1n) is 6.14. The first-order valence-corrected chi connectivity index (χ1v) is 7.63. The summed E-state index contributed by atoms with van der Waals surface area (Å²) in [6.45, 7) is 3.75. The summed E-state index contributed by atoms with van der Waals surface area (Å²) in [5.41, 5.74) is 8.38. The number of benzene rings is 1. The molecule has 0 radical (unpaired) electrons. The Morgan fingerprint density at radius 2 is 2.05 bits per heavy atom. The summed E-state index contributed by atoms with van der Waals surface area (Å²) in [5, 5.41) is 4.13. The van der Waals surface area contributed by atoms with Gasteiger partial charge in [0.2, 0.25) is 10.0 Å². The lowest BCUT2D eigenvalue weighted by Crippen LogP contribution is -2.24. The first kappa shape index (κ1) is 14.5. The number of rotatable bonds is 4. The van der Waals surface area contributed by atoms with E-state index in [4.69, 9.17) is 5.73 Å². The fourth-order valence-corrected chi connectivity index (χ4v) is 3.29. The van der Waals surface area contributed by atoms with Crippen molar-refractivity contribution in [2.24, 2.45) is 7.05 Å². The molecule has 0 saturated heterocycles. The number of hydrogen-bond donors (Lipinski definition) is 2. The minimum atomic E-state index is -3.60. The zero-order valence-electron chi connectivity index (χ0n) is 11.7. The van der Waals surface area contributed by atoms with E-state index in [1.807, 2.05) is 6.92 Å². The predicted molar refractivity (Wildman–Crippen MR) is 77.6 cm³/mol. The van der Waals surface area contributed by atoms with Crippen molar-refractivity contribution < 1.29 is 8.42 Å².